The minimum atomic E-state index is -2.88. The number of hydrogen-bond acceptors (Lipinski definition) is 0. The van der Waals surface area contributed by atoms with E-state index in [0.29, 0.717) is 12.3 Å². The van der Waals surface area contributed by atoms with E-state index in [1.54, 1.807) is 0 Å². The highest BCUT2D eigenvalue weighted by Gasteiger charge is 2.25. The summed E-state index contributed by atoms with van der Waals surface area (Å²) >= 11 is 7.52. The lowest BCUT2D eigenvalue weighted by molar-refractivity contribution is 0.156. The van der Waals surface area contributed by atoms with Gasteiger partial charge < -0.3 is 0 Å². The van der Waals surface area contributed by atoms with Gasteiger partial charge in [0.05, 0.1) is 0 Å². The molecule has 0 amide bonds. The first-order valence-electron chi connectivity index (χ1n) is 2.78. The van der Waals surface area contributed by atoms with Crippen molar-refractivity contribution >= 4 is 27.5 Å². The molecule has 0 fully saturated rings. The normalized spacial score (nSPS) is 13.9. The summed E-state index contributed by atoms with van der Waals surface area (Å²) in [5, 5.41) is 0. The molecule has 0 aromatic rings. The third-order valence-electron chi connectivity index (χ3n) is 1.01. The largest absolute Gasteiger partial charge is 0.322 e. The van der Waals surface area contributed by atoms with Crippen molar-refractivity contribution in [3.8, 4) is 0 Å². The van der Waals surface area contributed by atoms with E-state index >= 15 is 0 Å². The van der Waals surface area contributed by atoms with Gasteiger partial charge in [0.15, 0.2) is 0 Å². The molecule has 0 aliphatic carbocycles. The first kappa shape index (κ1) is 10.4. The Kier molecular flexibility index (Phi) is 4.45. The van der Waals surface area contributed by atoms with Gasteiger partial charge in [-0.1, -0.05) is 6.08 Å². The highest BCUT2D eigenvalue weighted by atomic mass is 79.9. The van der Waals surface area contributed by atoms with Crippen LogP contribution in [-0.4, -0.2) is 10.7 Å². The summed E-state index contributed by atoms with van der Waals surface area (Å²) in [6.45, 7) is 1.36. The van der Waals surface area contributed by atoms with E-state index < -0.39 is 4.83 Å². The summed E-state index contributed by atoms with van der Waals surface area (Å²) in [6.07, 6.45) is 1.90. The highest BCUT2D eigenvalue weighted by molar-refractivity contribution is 9.10. The summed E-state index contributed by atoms with van der Waals surface area (Å²) in [5.41, 5.74) is 0.00755. The summed E-state index contributed by atoms with van der Waals surface area (Å²) < 4.78 is 24.5. The van der Waals surface area contributed by atoms with Crippen LogP contribution in [0.4, 0.5) is 8.78 Å². The minimum Gasteiger partial charge on any atom is -0.189 e. The third kappa shape index (κ3) is 4.23. The van der Waals surface area contributed by atoms with Crippen LogP contribution in [0.1, 0.15) is 13.3 Å². The Morgan fingerprint density at radius 3 is 2.50 bits per heavy atom. The first-order valence-corrected chi connectivity index (χ1v) is 4.11. The average molecular weight is 233 g/mol. The van der Waals surface area contributed by atoms with Crippen LogP contribution in [0.2, 0.25) is 0 Å². The lowest BCUT2D eigenvalue weighted by Gasteiger charge is -2.07. The molecule has 4 heteroatoms. The molecule has 0 aliphatic heterocycles. The van der Waals surface area contributed by atoms with Gasteiger partial charge in [-0.25, -0.2) is 0 Å². The maximum absolute atomic E-state index is 12.2. The number of hydrogen-bond donors (Lipinski definition) is 0. The van der Waals surface area contributed by atoms with E-state index in [4.69, 9.17) is 11.6 Å². The number of alkyl halides is 4. The van der Waals surface area contributed by atoms with Crippen LogP contribution in [-0.2, 0) is 0 Å². The quantitative estimate of drug-likeness (QED) is 0.516. The zero-order chi connectivity index (χ0) is 8.20. The second-order valence-electron chi connectivity index (χ2n) is 1.86. The second-order valence-corrected chi connectivity index (χ2v) is 3.24. The number of allylic oxidation sites excluding steroid dienone is 2. The van der Waals surface area contributed by atoms with Gasteiger partial charge in [-0.3, -0.25) is 0 Å². The Morgan fingerprint density at radius 1 is 1.70 bits per heavy atom. The molecule has 0 N–H and O–H groups in total. The third-order valence-corrected chi connectivity index (χ3v) is 1.85. The van der Waals surface area contributed by atoms with Crippen molar-refractivity contribution < 1.29 is 8.78 Å². The van der Waals surface area contributed by atoms with E-state index in [2.05, 4.69) is 15.9 Å². The molecule has 0 spiro atoms. The zero-order valence-corrected chi connectivity index (χ0v) is 7.85. The predicted octanol–water partition coefficient (Wildman–Crippen LogP) is 3.55. The van der Waals surface area contributed by atoms with E-state index in [1.165, 1.54) is 13.0 Å². The van der Waals surface area contributed by atoms with Gasteiger partial charge in [-0.15, -0.1) is 11.6 Å². The molecular weight excluding hydrogens is 225 g/mol. The molecule has 0 radical (unpaired) electrons. The van der Waals surface area contributed by atoms with Crippen molar-refractivity contribution in [3.63, 3.8) is 0 Å². The summed E-state index contributed by atoms with van der Waals surface area (Å²) in [5.74, 6) is 0.375. The minimum absolute atomic E-state index is 0.00755. The molecule has 0 bridgehead atoms. The Labute approximate surface area is 72.4 Å². The molecular formula is C6H8BrClF2. The van der Waals surface area contributed by atoms with Crippen LogP contribution >= 0.6 is 27.5 Å². The Bertz CT molecular complexity index is 128. The smallest absolute Gasteiger partial charge is 0.189 e. The predicted molar refractivity (Wildman–Crippen MR) is 43.0 cm³/mol. The molecule has 0 heterocycles. The van der Waals surface area contributed by atoms with Gasteiger partial charge in [0.2, 0.25) is 0 Å². The van der Waals surface area contributed by atoms with Gasteiger partial charge in [-0.2, -0.15) is 8.78 Å². The Hall–Kier alpha value is 0.370. The summed E-state index contributed by atoms with van der Waals surface area (Å²) in [7, 11) is 0. The standard InChI is InChI=1S/C6H8BrClF2/c1-5(3-2-4-8)6(7,9)10/h3H,2,4H2,1H3. The van der Waals surface area contributed by atoms with Crippen molar-refractivity contribution in [2.75, 3.05) is 5.88 Å². The maximum atomic E-state index is 12.2. The van der Waals surface area contributed by atoms with Crippen LogP contribution in [0, 0.1) is 0 Å². The molecule has 0 rings (SSSR count). The Morgan fingerprint density at radius 2 is 2.20 bits per heavy atom. The molecule has 0 atom stereocenters. The van der Waals surface area contributed by atoms with Crippen molar-refractivity contribution in [3.05, 3.63) is 11.6 Å². The molecule has 0 saturated carbocycles. The lowest BCUT2D eigenvalue weighted by atomic mass is 10.2. The van der Waals surface area contributed by atoms with Crippen LogP contribution < -0.4 is 0 Å². The fourth-order valence-electron chi connectivity index (χ4n) is 0.387. The van der Waals surface area contributed by atoms with Crippen molar-refractivity contribution in [1.29, 1.82) is 0 Å². The van der Waals surface area contributed by atoms with Crippen LogP contribution in [0.5, 0.6) is 0 Å². The zero-order valence-electron chi connectivity index (χ0n) is 5.50. The van der Waals surface area contributed by atoms with Gasteiger partial charge >= 0.3 is 4.83 Å². The molecule has 10 heavy (non-hydrogen) atoms. The van der Waals surface area contributed by atoms with Crippen molar-refractivity contribution in [1.82, 2.24) is 0 Å². The van der Waals surface area contributed by atoms with Crippen LogP contribution in [0.15, 0.2) is 11.6 Å². The highest BCUT2D eigenvalue weighted by Crippen LogP contribution is 2.30. The summed E-state index contributed by atoms with van der Waals surface area (Å²) in [6, 6.07) is 0. The van der Waals surface area contributed by atoms with Crippen molar-refractivity contribution in [2.24, 2.45) is 0 Å². The first-order chi connectivity index (χ1) is 4.48. The van der Waals surface area contributed by atoms with Gasteiger partial charge in [0.25, 0.3) is 0 Å². The fraction of sp³-hybridized carbons (Fsp3) is 0.667. The molecule has 60 valence electrons. The maximum Gasteiger partial charge on any atom is 0.322 e. The molecule has 0 aliphatic rings. The Balaban J connectivity index is 3.93. The van der Waals surface area contributed by atoms with E-state index in [1.807, 2.05) is 0 Å². The lowest BCUT2D eigenvalue weighted by Crippen LogP contribution is -2.05. The van der Waals surface area contributed by atoms with E-state index in [0.717, 1.165) is 0 Å². The van der Waals surface area contributed by atoms with Crippen LogP contribution in [0.3, 0.4) is 0 Å². The molecule has 0 aromatic carbocycles. The van der Waals surface area contributed by atoms with Gasteiger partial charge in [0, 0.05) is 11.5 Å². The number of rotatable bonds is 3. The average Bonchev–Trinajstić information content (AvgIpc) is 1.80. The fourth-order valence-corrected chi connectivity index (χ4v) is 0.658. The molecule has 0 aromatic heterocycles. The van der Waals surface area contributed by atoms with E-state index in [9.17, 15) is 8.78 Å². The molecule has 0 unspecified atom stereocenters. The van der Waals surface area contributed by atoms with Crippen molar-refractivity contribution in [2.45, 2.75) is 18.2 Å². The summed E-state index contributed by atoms with van der Waals surface area (Å²) in [4.78, 5) is -2.88. The topological polar surface area (TPSA) is 0 Å². The number of halogens is 4. The van der Waals surface area contributed by atoms with Crippen LogP contribution in [0.25, 0.3) is 0 Å². The molecule has 0 saturated heterocycles. The molecule has 0 nitrogen and oxygen atoms in total. The van der Waals surface area contributed by atoms with Gasteiger partial charge in [0.1, 0.15) is 0 Å². The SMILES string of the molecule is CC(=CCCCl)C(F)(F)Br. The van der Waals surface area contributed by atoms with E-state index in [-0.39, 0.29) is 5.57 Å². The second kappa shape index (κ2) is 4.29. The van der Waals surface area contributed by atoms with Gasteiger partial charge in [-0.05, 0) is 29.3 Å². The monoisotopic (exact) mass is 232 g/mol.